The van der Waals surface area contributed by atoms with Crippen molar-refractivity contribution in [2.45, 2.75) is 6.61 Å². The van der Waals surface area contributed by atoms with Crippen LogP contribution in [0.5, 0.6) is 0 Å². The smallest absolute Gasteiger partial charge is 0.257 e. The molecule has 0 heterocycles. The highest BCUT2D eigenvalue weighted by Crippen LogP contribution is 2.21. The molecule has 0 aliphatic heterocycles. The molecule has 0 bridgehead atoms. The summed E-state index contributed by atoms with van der Waals surface area (Å²) in [5.41, 5.74) is 8.37. The summed E-state index contributed by atoms with van der Waals surface area (Å²) in [5.74, 6) is -0.237. The SMILES string of the molecule is COCc1ccccc1NC(=O)c1ccc(Br)cc1N. The molecule has 3 N–H and O–H groups in total. The van der Waals surface area contributed by atoms with E-state index < -0.39 is 0 Å². The number of rotatable bonds is 4. The second-order valence-electron chi connectivity index (χ2n) is 4.28. The normalized spacial score (nSPS) is 10.3. The van der Waals surface area contributed by atoms with Gasteiger partial charge in [0.2, 0.25) is 0 Å². The summed E-state index contributed by atoms with van der Waals surface area (Å²) in [4.78, 5) is 12.3. The van der Waals surface area contributed by atoms with Crippen LogP contribution in [0.15, 0.2) is 46.9 Å². The molecule has 2 aromatic carbocycles. The highest BCUT2D eigenvalue weighted by Gasteiger charge is 2.12. The maximum Gasteiger partial charge on any atom is 0.257 e. The van der Waals surface area contributed by atoms with Gasteiger partial charge in [0.1, 0.15) is 0 Å². The quantitative estimate of drug-likeness (QED) is 0.842. The van der Waals surface area contributed by atoms with Crippen molar-refractivity contribution in [2.24, 2.45) is 0 Å². The Kier molecular flexibility index (Phi) is 4.76. The van der Waals surface area contributed by atoms with Crippen molar-refractivity contribution >= 4 is 33.2 Å². The number of halogens is 1. The zero-order valence-electron chi connectivity index (χ0n) is 11.0. The van der Waals surface area contributed by atoms with Crippen LogP contribution in [-0.2, 0) is 11.3 Å². The number of methoxy groups -OCH3 is 1. The zero-order chi connectivity index (χ0) is 14.5. The molecule has 2 rings (SSSR count). The Bertz CT molecular complexity index is 629. The van der Waals surface area contributed by atoms with Gasteiger partial charge in [-0.15, -0.1) is 0 Å². The summed E-state index contributed by atoms with van der Waals surface area (Å²) >= 11 is 3.32. The Morgan fingerprint density at radius 3 is 2.75 bits per heavy atom. The molecule has 20 heavy (non-hydrogen) atoms. The first-order valence-corrected chi connectivity index (χ1v) is 6.84. The standard InChI is InChI=1S/C15H15BrN2O2/c1-20-9-10-4-2-3-5-14(10)18-15(19)12-7-6-11(16)8-13(12)17/h2-8H,9,17H2,1H3,(H,18,19). The number of amides is 1. The molecule has 0 unspecified atom stereocenters. The number of para-hydroxylation sites is 1. The molecule has 0 fully saturated rings. The van der Waals surface area contributed by atoms with Crippen LogP contribution in [0.4, 0.5) is 11.4 Å². The van der Waals surface area contributed by atoms with E-state index in [1.54, 1.807) is 25.3 Å². The average Bonchev–Trinajstić information content (AvgIpc) is 2.41. The van der Waals surface area contributed by atoms with Crippen LogP contribution in [-0.4, -0.2) is 13.0 Å². The molecule has 0 saturated heterocycles. The number of nitrogens with one attached hydrogen (secondary N) is 1. The molecule has 0 radical (unpaired) electrons. The molecule has 0 aliphatic rings. The van der Waals surface area contributed by atoms with Gasteiger partial charge in [-0.3, -0.25) is 4.79 Å². The number of nitrogens with two attached hydrogens (primary N) is 1. The number of anilines is 2. The lowest BCUT2D eigenvalue weighted by atomic mass is 10.1. The third-order valence-corrected chi connectivity index (χ3v) is 3.32. The molecule has 0 aliphatic carbocycles. The minimum atomic E-state index is -0.237. The van der Waals surface area contributed by atoms with Gasteiger partial charge in [0.25, 0.3) is 5.91 Å². The maximum atomic E-state index is 12.3. The predicted octanol–water partition coefficient (Wildman–Crippen LogP) is 3.43. The average molecular weight is 335 g/mol. The first kappa shape index (κ1) is 14.6. The topological polar surface area (TPSA) is 64.3 Å². The van der Waals surface area contributed by atoms with E-state index in [4.69, 9.17) is 10.5 Å². The van der Waals surface area contributed by atoms with Gasteiger partial charge in [0, 0.05) is 28.5 Å². The maximum absolute atomic E-state index is 12.3. The molecule has 0 saturated carbocycles. The molecule has 0 spiro atoms. The lowest BCUT2D eigenvalue weighted by molar-refractivity contribution is 0.102. The molecule has 2 aromatic rings. The number of nitrogen functional groups attached to an aromatic ring is 1. The molecule has 1 amide bonds. The number of hydrogen-bond acceptors (Lipinski definition) is 3. The Balaban J connectivity index is 2.23. The second-order valence-corrected chi connectivity index (χ2v) is 5.19. The fraction of sp³-hybridized carbons (Fsp3) is 0.133. The molecule has 5 heteroatoms. The van der Waals surface area contributed by atoms with Crippen LogP contribution in [0.3, 0.4) is 0 Å². The van der Waals surface area contributed by atoms with E-state index in [2.05, 4.69) is 21.2 Å². The zero-order valence-corrected chi connectivity index (χ0v) is 12.6. The number of benzene rings is 2. The highest BCUT2D eigenvalue weighted by molar-refractivity contribution is 9.10. The molecule has 104 valence electrons. The van der Waals surface area contributed by atoms with Gasteiger partial charge in [-0.05, 0) is 24.3 Å². The third-order valence-electron chi connectivity index (χ3n) is 2.82. The molecular weight excluding hydrogens is 320 g/mol. The van der Waals surface area contributed by atoms with Crippen molar-refractivity contribution in [1.82, 2.24) is 0 Å². The van der Waals surface area contributed by atoms with Gasteiger partial charge in [-0.1, -0.05) is 34.1 Å². The van der Waals surface area contributed by atoms with Gasteiger partial charge >= 0.3 is 0 Å². The Labute approximate surface area is 126 Å². The van der Waals surface area contributed by atoms with E-state index in [9.17, 15) is 4.79 Å². The van der Waals surface area contributed by atoms with Crippen LogP contribution in [0, 0.1) is 0 Å². The minimum absolute atomic E-state index is 0.237. The summed E-state index contributed by atoms with van der Waals surface area (Å²) in [6.45, 7) is 0.437. The van der Waals surface area contributed by atoms with Gasteiger partial charge in [-0.25, -0.2) is 0 Å². The summed E-state index contributed by atoms with van der Waals surface area (Å²) in [7, 11) is 1.62. The van der Waals surface area contributed by atoms with Gasteiger partial charge < -0.3 is 15.8 Å². The third kappa shape index (κ3) is 3.37. The van der Waals surface area contributed by atoms with Crippen molar-refractivity contribution < 1.29 is 9.53 Å². The number of ether oxygens (including phenoxy) is 1. The van der Waals surface area contributed by atoms with E-state index in [1.807, 2.05) is 24.3 Å². The first-order valence-electron chi connectivity index (χ1n) is 6.05. The monoisotopic (exact) mass is 334 g/mol. The van der Waals surface area contributed by atoms with Crippen molar-refractivity contribution in [3.8, 4) is 0 Å². The van der Waals surface area contributed by atoms with Crippen LogP contribution >= 0.6 is 15.9 Å². The van der Waals surface area contributed by atoms with E-state index in [1.165, 1.54) is 0 Å². The Morgan fingerprint density at radius 2 is 2.05 bits per heavy atom. The van der Waals surface area contributed by atoms with Crippen molar-refractivity contribution in [3.05, 3.63) is 58.1 Å². The van der Waals surface area contributed by atoms with Crippen LogP contribution in [0.2, 0.25) is 0 Å². The summed E-state index contributed by atoms with van der Waals surface area (Å²) in [5, 5.41) is 2.86. The van der Waals surface area contributed by atoms with E-state index in [-0.39, 0.29) is 5.91 Å². The largest absolute Gasteiger partial charge is 0.398 e. The second kappa shape index (κ2) is 6.54. The number of hydrogen-bond donors (Lipinski definition) is 2. The number of carbonyl (C=O) groups excluding carboxylic acids is 1. The summed E-state index contributed by atoms with van der Waals surface area (Å²) in [6, 6.07) is 12.7. The van der Waals surface area contributed by atoms with E-state index >= 15 is 0 Å². The summed E-state index contributed by atoms with van der Waals surface area (Å²) < 4.78 is 5.95. The fourth-order valence-corrected chi connectivity index (χ4v) is 2.23. The lowest BCUT2D eigenvalue weighted by Gasteiger charge is -2.11. The molecular formula is C15H15BrN2O2. The first-order chi connectivity index (χ1) is 9.61. The molecule has 0 aromatic heterocycles. The van der Waals surface area contributed by atoms with Crippen LogP contribution in [0.1, 0.15) is 15.9 Å². The predicted molar refractivity (Wildman–Crippen MR) is 83.7 cm³/mol. The highest BCUT2D eigenvalue weighted by atomic mass is 79.9. The summed E-state index contributed by atoms with van der Waals surface area (Å²) in [6.07, 6.45) is 0. The van der Waals surface area contributed by atoms with Crippen molar-refractivity contribution in [2.75, 3.05) is 18.2 Å². The molecule has 0 atom stereocenters. The Morgan fingerprint density at radius 1 is 1.30 bits per heavy atom. The van der Waals surface area contributed by atoms with Gasteiger partial charge in [0.15, 0.2) is 0 Å². The van der Waals surface area contributed by atoms with Gasteiger partial charge in [-0.2, -0.15) is 0 Å². The molecule has 4 nitrogen and oxygen atoms in total. The minimum Gasteiger partial charge on any atom is -0.398 e. The fourth-order valence-electron chi connectivity index (χ4n) is 1.85. The van der Waals surface area contributed by atoms with E-state index in [0.29, 0.717) is 17.9 Å². The van der Waals surface area contributed by atoms with Crippen molar-refractivity contribution in [3.63, 3.8) is 0 Å². The van der Waals surface area contributed by atoms with Gasteiger partial charge in [0.05, 0.1) is 12.2 Å². The number of carbonyl (C=O) groups is 1. The van der Waals surface area contributed by atoms with Crippen molar-refractivity contribution in [1.29, 1.82) is 0 Å². The Hall–Kier alpha value is -1.85. The van der Waals surface area contributed by atoms with Crippen LogP contribution in [0.25, 0.3) is 0 Å². The lowest BCUT2D eigenvalue weighted by Crippen LogP contribution is -2.15. The van der Waals surface area contributed by atoms with E-state index in [0.717, 1.165) is 15.7 Å². The van der Waals surface area contributed by atoms with Crippen LogP contribution < -0.4 is 11.1 Å².